The third-order valence-corrected chi connectivity index (χ3v) is 3.54. The predicted molar refractivity (Wildman–Crippen MR) is 77.6 cm³/mol. The molecule has 0 aliphatic rings. The van der Waals surface area contributed by atoms with Crippen LogP contribution in [-0.2, 0) is 6.18 Å². The van der Waals surface area contributed by atoms with E-state index < -0.39 is 11.9 Å². The fraction of sp³-hybridized carbons (Fsp3) is 0.643. The van der Waals surface area contributed by atoms with Gasteiger partial charge in [0.05, 0.1) is 0 Å². The molecule has 0 spiro atoms. The van der Waals surface area contributed by atoms with Gasteiger partial charge in [-0.1, -0.05) is 33.1 Å². The number of alkyl halides is 3. The molecule has 0 aliphatic carbocycles. The van der Waals surface area contributed by atoms with E-state index in [9.17, 15) is 13.2 Å². The van der Waals surface area contributed by atoms with E-state index >= 15 is 0 Å². The minimum Gasteiger partial charge on any atom is -0.367 e. The van der Waals surface area contributed by atoms with E-state index in [1.807, 2.05) is 6.92 Å². The molecule has 2 aromatic rings. The number of nitrogens with zero attached hydrogens (tertiary/aromatic N) is 4. The molecule has 122 valence electrons. The minimum absolute atomic E-state index is 0.0549. The third kappa shape index (κ3) is 3.86. The Bertz CT molecular complexity index is 608. The number of anilines is 1. The summed E-state index contributed by atoms with van der Waals surface area (Å²) in [5.74, 6) is 0.221. The minimum atomic E-state index is -4.51. The summed E-state index contributed by atoms with van der Waals surface area (Å²) in [6.45, 7) is 4.12. The molecule has 2 rings (SSSR count). The molecular formula is C14H20F3N5. The van der Waals surface area contributed by atoms with Crippen LogP contribution in [0.5, 0.6) is 0 Å². The summed E-state index contributed by atoms with van der Waals surface area (Å²) in [4.78, 5) is 7.26. The van der Waals surface area contributed by atoms with Gasteiger partial charge in [0.25, 0.3) is 5.78 Å². The Kier molecular flexibility index (Phi) is 5.20. The first-order valence-corrected chi connectivity index (χ1v) is 7.50. The van der Waals surface area contributed by atoms with E-state index in [1.165, 1.54) is 10.8 Å². The van der Waals surface area contributed by atoms with Crippen LogP contribution in [0.4, 0.5) is 19.0 Å². The number of rotatable bonds is 7. The Morgan fingerprint density at radius 1 is 1.27 bits per heavy atom. The first-order chi connectivity index (χ1) is 10.5. The number of hydrogen-bond donors (Lipinski definition) is 1. The molecule has 1 unspecified atom stereocenters. The first kappa shape index (κ1) is 16.5. The largest absolute Gasteiger partial charge is 0.433 e. The maximum atomic E-state index is 12.9. The number of nitrogens with one attached hydrogen (secondary N) is 1. The lowest BCUT2D eigenvalue weighted by Crippen LogP contribution is -2.22. The van der Waals surface area contributed by atoms with Crippen molar-refractivity contribution < 1.29 is 13.2 Å². The van der Waals surface area contributed by atoms with Gasteiger partial charge in [-0.05, 0) is 12.8 Å². The molecule has 2 aromatic heterocycles. The number of halogens is 3. The van der Waals surface area contributed by atoms with Crippen LogP contribution in [0.15, 0.2) is 12.4 Å². The highest BCUT2D eigenvalue weighted by molar-refractivity contribution is 5.46. The SMILES string of the molecule is CCCCCC(CC)Nc1cc(C(F)(F)F)nc2ncnn12. The van der Waals surface area contributed by atoms with Crippen molar-refractivity contribution in [3.05, 3.63) is 18.1 Å². The summed E-state index contributed by atoms with van der Waals surface area (Å²) in [5, 5.41) is 7.09. The number of unbranched alkanes of at least 4 members (excludes halogenated alkanes) is 2. The van der Waals surface area contributed by atoms with Crippen LogP contribution in [0.2, 0.25) is 0 Å². The first-order valence-electron chi connectivity index (χ1n) is 7.50. The zero-order valence-electron chi connectivity index (χ0n) is 12.7. The highest BCUT2D eigenvalue weighted by Crippen LogP contribution is 2.30. The summed E-state index contributed by atoms with van der Waals surface area (Å²) in [5.41, 5.74) is -0.959. The Morgan fingerprint density at radius 2 is 2.05 bits per heavy atom. The number of fused-ring (bicyclic) bond motifs is 1. The molecule has 22 heavy (non-hydrogen) atoms. The van der Waals surface area contributed by atoms with Gasteiger partial charge in [-0.25, -0.2) is 4.98 Å². The summed E-state index contributed by atoms with van der Waals surface area (Å²) < 4.78 is 40.1. The molecule has 8 heteroatoms. The van der Waals surface area contributed by atoms with Gasteiger partial charge >= 0.3 is 6.18 Å². The average Bonchev–Trinajstić information content (AvgIpc) is 2.94. The van der Waals surface area contributed by atoms with Gasteiger partial charge in [0.2, 0.25) is 0 Å². The zero-order valence-corrected chi connectivity index (χ0v) is 12.7. The lowest BCUT2D eigenvalue weighted by Gasteiger charge is -2.19. The van der Waals surface area contributed by atoms with Gasteiger partial charge in [-0.2, -0.15) is 27.8 Å². The lowest BCUT2D eigenvalue weighted by atomic mass is 10.1. The van der Waals surface area contributed by atoms with Crippen LogP contribution in [0.25, 0.3) is 5.78 Å². The molecule has 0 fully saturated rings. The second-order valence-corrected chi connectivity index (χ2v) is 5.24. The topological polar surface area (TPSA) is 55.1 Å². The van der Waals surface area contributed by atoms with E-state index in [2.05, 4.69) is 27.3 Å². The lowest BCUT2D eigenvalue weighted by molar-refractivity contribution is -0.141. The Hall–Kier alpha value is -1.86. The van der Waals surface area contributed by atoms with Crippen LogP contribution >= 0.6 is 0 Å². The zero-order chi connectivity index (χ0) is 16.2. The van der Waals surface area contributed by atoms with Crippen molar-refractivity contribution >= 4 is 11.6 Å². The summed E-state index contributed by atoms with van der Waals surface area (Å²) in [6, 6.07) is 1.09. The average molecular weight is 315 g/mol. The van der Waals surface area contributed by atoms with Crippen molar-refractivity contribution in [2.75, 3.05) is 5.32 Å². The second kappa shape index (κ2) is 6.93. The van der Waals surface area contributed by atoms with Crippen LogP contribution in [0.3, 0.4) is 0 Å². The van der Waals surface area contributed by atoms with Crippen molar-refractivity contribution in [2.24, 2.45) is 0 Å². The summed E-state index contributed by atoms with van der Waals surface area (Å²) in [6.07, 6.45) is 1.69. The monoisotopic (exact) mass is 315 g/mol. The maximum absolute atomic E-state index is 12.9. The molecule has 2 heterocycles. The van der Waals surface area contributed by atoms with Gasteiger partial charge in [0.1, 0.15) is 12.1 Å². The third-order valence-electron chi connectivity index (χ3n) is 3.54. The fourth-order valence-corrected chi connectivity index (χ4v) is 2.29. The summed E-state index contributed by atoms with van der Waals surface area (Å²) >= 11 is 0. The molecule has 1 N–H and O–H groups in total. The second-order valence-electron chi connectivity index (χ2n) is 5.24. The van der Waals surface area contributed by atoms with E-state index in [-0.39, 0.29) is 17.6 Å². The van der Waals surface area contributed by atoms with Crippen LogP contribution in [0, 0.1) is 0 Å². The van der Waals surface area contributed by atoms with Gasteiger partial charge in [0, 0.05) is 12.1 Å². The van der Waals surface area contributed by atoms with Crippen LogP contribution in [-0.4, -0.2) is 25.6 Å². The number of aromatic nitrogens is 4. The molecule has 0 saturated heterocycles. The molecule has 5 nitrogen and oxygen atoms in total. The highest BCUT2D eigenvalue weighted by Gasteiger charge is 2.34. The Balaban J connectivity index is 2.26. The Labute approximate surface area is 127 Å². The van der Waals surface area contributed by atoms with Crippen LogP contribution in [0.1, 0.15) is 51.6 Å². The van der Waals surface area contributed by atoms with E-state index in [0.29, 0.717) is 0 Å². The standard InChI is InChI=1S/C14H20F3N5/c1-3-5-6-7-10(4-2)20-12-8-11(14(15,16)17)21-13-18-9-19-22(12)13/h8-10,20H,3-7H2,1-2H3. The summed E-state index contributed by atoms with van der Waals surface area (Å²) in [7, 11) is 0. The fourth-order valence-electron chi connectivity index (χ4n) is 2.29. The van der Waals surface area contributed by atoms with E-state index in [4.69, 9.17) is 0 Å². The smallest absolute Gasteiger partial charge is 0.367 e. The van der Waals surface area contributed by atoms with Gasteiger partial charge in [0.15, 0.2) is 5.69 Å². The normalized spacial score (nSPS) is 13.5. The molecule has 0 bridgehead atoms. The molecule has 0 amide bonds. The maximum Gasteiger partial charge on any atom is 0.433 e. The molecule has 1 atom stereocenters. The molecule has 0 aliphatic heterocycles. The molecule has 0 aromatic carbocycles. The van der Waals surface area contributed by atoms with Crippen molar-refractivity contribution in [3.63, 3.8) is 0 Å². The number of hydrogen-bond acceptors (Lipinski definition) is 4. The van der Waals surface area contributed by atoms with Crippen molar-refractivity contribution in [3.8, 4) is 0 Å². The van der Waals surface area contributed by atoms with Gasteiger partial charge in [-0.15, -0.1) is 0 Å². The molecule has 0 radical (unpaired) electrons. The van der Waals surface area contributed by atoms with Crippen molar-refractivity contribution in [1.29, 1.82) is 0 Å². The van der Waals surface area contributed by atoms with Crippen molar-refractivity contribution in [2.45, 2.75) is 58.2 Å². The quantitative estimate of drug-likeness (QED) is 0.787. The van der Waals surface area contributed by atoms with Gasteiger partial charge in [-0.3, -0.25) is 0 Å². The predicted octanol–water partition coefficient (Wildman–Crippen LogP) is 3.91. The van der Waals surface area contributed by atoms with E-state index in [0.717, 1.165) is 38.2 Å². The molecular weight excluding hydrogens is 295 g/mol. The highest BCUT2D eigenvalue weighted by atomic mass is 19.4. The van der Waals surface area contributed by atoms with E-state index in [1.54, 1.807) is 0 Å². The van der Waals surface area contributed by atoms with Crippen molar-refractivity contribution in [1.82, 2.24) is 19.6 Å². The van der Waals surface area contributed by atoms with Gasteiger partial charge < -0.3 is 5.32 Å². The van der Waals surface area contributed by atoms with Crippen LogP contribution < -0.4 is 5.32 Å². The molecule has 0 saturated carbocycles. The Morgan fingerprint density at radius 3 is 2.68 bits per heavy atom.